The summed E-state index contributed by atoms with van der Waals surface area (Å²) in [6.07, 6.45) is 1.52. The lowest BCUT2D eigenvalue weighted by Gasteiger charge is -2.20. The summed E-state index contributed by atoms with van der Waals surface area (Å²) in [7, 11) is 1.92. The van der Waals surface area contributed by atoms with Crippen LogP contribution in [0.3, 0.4) is 0 Å². The van der Waals surface area contributed by atoms with Crippen molar-refractivity contribution in [2.75, 3.05) is 13.6 Å². The van der Waals surface area contributed by atoms with E-state index in [0.717, 1.165) is 13.0 Å². The van der Waals surface area contributed by atoms with Crippen LogP contribution in [-0.4, -0.2) is 25.2 Å². The summed E-state index contributed by atoms with van der Waals surface area (Å²) in [5.41, 5.74) is -0.361. The molecule has 84 valence electrons. The smallest absolute Gasteiger partial charge is 0.306 e. The number of carbonyl (C=O) groups excluding carboxylic acids is 1. The van der Waals surface area contributed by atoms with Crippen LogP contribution in [0.2, 0.25) is 0 Å². The van der Waals surface area contributed by atoms with Gasteiger partial charge in [0.25, 0.3) is 0 Å². The van der Waals surface area contributed by atoms with Gasteiger partial charge in [-0.05, 0) is 46.7 Å². The van der Waals surface area contributed by atoms with Crippen LogP contribution in [-0.2, 0) is 9.53 Å². The third kappa shape index (κ3) is 8.05. The minimum Gasteiger partial charge on any atom is -0.460 e. The van der Waals surface area contributed by atoms with Crippen molar-refractivity contribution in [1.29, 1.82) is 0 Å². The van der Waals surface area contributed by atoms with Gasteiger partial charge in [-0.2, -0.15) is 0 Å². The van der Waals surface area contributed by atoms with Crippen molar-refractivity contribution < 1.29 is 9.53 Å². The van der Waals surface area contributed by atoms with E-state index in [1.807, 2.05) is 27.8 Å². The molecule has 14 heavy (non-hydrogen) atoms. The van der Waals surface area contributed by atoms with Gasteiger partial charge in [0.15, 0.2) is 0 Å². The van der Waals surface area contributed by atoms with E-state index in [4.69, 9.17) is 4.74 Å². The Kier molecular flexibility index (Phi) is 5.77. The second-order valence-corrected chi connectivity index (χ2v) is 4.79. The molecule has 0 aliphatic carbocycles. The molecule has 0 aliphatic rings. The zero-order valence-corrected chi connectivity index (χ0v) is 10.0. The Morgan fingerprint density at radius 3 is 2.43 bits per heavy atom. The fourth-order valence-electron chi connectivity index (χ4n) is 1.16. The maximum Gasteiger partial charge on any atom is 0.306 e. The molecule has 0 saturated carbocycles. The van der Waals surface area contributed by atoms with E-state index in [1.165, 1.54) is 0 Å². The van der Waals surface area contributed by atoms with Crippen LogP contribution in [0, 0.1) is 5.92 Å². The highest BCUT2D eigenvalue weighted by Gasteiger charge is 2.17. The second-order valence-electron chi connectivity index (χ2n) is 4.79. The number of nitrogens with one attached hydrogen (secondary N) is 1. The van der Waals surface area contributed by atoms with Crippen LogP contribution in [0.5, 0.6) is 0 Å². The first-order valence-corrected chi connectivity index (χ1v) is 5.21. The molecule has 3 nitrogen and oxygen atoms in total. The molecule has 0 aromatic rings. The lowest BCUT2D eigenvalue weighted by atomic mass is 10.0. The third-order valence-corrected chi connectivity index (χ3v) is 1.82. The quantitative estimate of drug-likeness (QED) is 0.691. The molecule has 3 heteroatoms. The molecule has 0 aliphatic heterocycles. The first-order valence-electron chi connectivity index (χ1n) is 5.21. The van der Waals surface area contributed by atoms with E-state index < -0.39 is 0 Å². The SMILES string of the molecule is CNCCC(C)CC(=O)OC(C)(C)C. The molecule has 0 rings (SSSR count). The Balaban J connectivity index is 3.71. The molecule has 0 heterocycles. The van der Waals surface area contributed by atoms with Gasteiger partial charge in [-0.15, -0.1) is 0 Å². The molecule has 0 bridgehead atoms. The van der Waals surface area contributed by atoms with Crippen molar-refractivity contribution in [2.24, 2.45) is 5.92 Å². The van der Waals surface area contributed by atoms with Gasteiger partial charge >= 0.3 is 5.97 Å². The van der Waals surface area contributed by atoms with E-state index in [2.05, 4.69) is 12.2 Å². The van der Waals surface area contributed by atoms with Crippen molar-refractivity contribution in [3.8, 4) is 0 Å². The molecule has 1 unspecified atom stereocenters. The van der Waals surface area contributed by atoms with E-state index in [0.29, 0.717) is 12.3 Å². The summed E-state index contributed by atoms with van der Waals surface area (Å²) in [5.74, 6) is 0.290. The van der Waals surface area contributed by atoms with Gasteiger partial charge < -0.3 is 10.1 Å². The molecule has 1 atom stereocenters. The van der Waals surface area contributed by atoms with E-state index in [1.54, 1.807) is 0 Å². The topological polar surface area (TPSA) is 38.3 Å². The predicted molar refractivity (Wildman–Crippen MR) is 58.2 cm³/mol. The van der Waals surface area contributed by atoms with E-state index >= 15 is 0 Å². The highest BCUT2D eigenvalue weighted by Crippen LogP contribution is 2.13. The summed E-state index contributed by atoms with van der Waals surface area (Å²) >= 11 is 0. The highest BCUT2D eigenvalue weighted by molar-refractivity contribution is 5.70. The Morgan fingerprint density at radius 2 is 2.00 bits per heavy atom. The third-order valence-electron chi connectivity index (χ3n) is 1.82. The average Bonchev–Trinajstić information content (AvgIpc) is 1.96. The minimum absolute atomic E-state index is 0.0962. The Morgan fingerprint density at radius 1 is 1.43 bits per heavy atom. The molecule has 0 saturated heterocycles. The monoisotopic (exact) mass is 201 g/mol. The first kappa shape index (κ1) is 13.4. The van der Waals surface area contributed by atoms with Gasteiger partial charge in [-0.25, -0.2) is 0 Å². The highest BCUT2D eigenvalue weighted by atomic mass is 16.6. The molecular weight excluding hydrogens is 178 g/mol. The van der Waals surface area contributed by atoms with Crippen LogP contribution < -0.4 is 5.32 Å². The largest absolute Gasteiger partial charge is 0.460 e. The fourth-order valence-corrected chi connectivity index (χ4v) is 1.16. The maximum absolute atomic E-state index is 11.4. The number of hydrogen-bond acceptors (Lipinski definition) is 3. The van der Waals surface area contributed by atoms with Gasteiger partial charge in [0.05, 0.1) is 0 Å². The van der Waals surface area contributed by atoms with Crippen molar-refractivity contribution in [1.82, 2.24) is 5.32 Å². The van der Waals surface area contributed by atoms with Crippen LogP contribution >= 0.6 is 0 Å². The van der Waals surface area contributed by atoms with Crippen LogP contribution in [0.4, 0.5) is 0 Å². The average molecular weight is 201 g/mol. The van der Waals surface area contributed by atoms with Crippen molar-refractivity contribution >= 4 is 5.97 Å². The van der Waals surface area contributed by atoms with Gasteiger partial charge in [-0.3, -0.25) is 4.79 Å². The molecule has 0 spiro atoms. The van der Waals surface area contributed by atoms with E-state index in [-0.39, 0.29) is 11.6 Å². The molecule has 1 N–H and O–H groups in total. The van der Waals surface area contributed by atoms with Gasteiger partial charge in [0.1, 0.15) is 5.60 Å². The van der Waals surface area contributed by atoms with Crippen molar-refractivity contribution in [3.63, 3.8) is 0 Å². The van der Waals surface area contributed by atoms with Crippen LogP contribution in [0.25, 0.3) is 0 Å². The summed E-state index contributed by atoms with van der Waals surface area (Å²) in [4.78, 5) is 11.4. The lowest BCUT2D eigenvalue weighted by Crippen LogP contribution is -2.25. The first-order chi connectivity index (χ1) is 6.35. The second kappa shape index (κ2) is 6.02. The fraction of sp³-hybridized carbons (Fsp3) is 0.909. The zero-order chi connectivity index (χ0) is 11.2. The number of rotatable bonds is 5. The van der Waals surface area contributed by atoms with Crippen molar-refractivity contribution in [3.05, 3.63) is 0 Å². The summed E-state index contributed by atoms with van der Waals surface area (Å²) in [5, 5.41) is 3.07. The van der Waals surface area contributed by atoms with E-state index in [9.17, 15) is 4.79 Å². The Hall–Kier alpha value is -0.570. The lowest BCUT2D eigenvalue weighted by molar-refractivity contribution is -0.155. The van der Waals surface area contributed by atoms with Gasteiger partial charge in [0.2, 0.25) is 0 Å². The normalized spacial score (nSPS) is 13.8. The summed E-state index contributed by atoms with van der Waals surface area (Å²) < 4.78 is 5.23. The molecule has 0 radical (unpaired) electrons. The predicted octanol–water partition coefficient (Wildman–Crippen LogP) is 1.96. The Labute approximate surface area is 87.2 Å². The number of ether oxygens (including phenoxy) is 1. The van der Waals surface area contributed by atoms with Gasteiger partial charge in [0, 0.05) is 6.42 Å². The minimum atomic E-state index is -0.361. The molecule has 0 aromatic carbocycles. The standard InChI is InChI=1S/C11H23NO2/c1-9(6-7-12-5)8-10(13)14-11(2,3)4/h9,12H,6-8H2,1-5H3. The van der Waals surface area contributed by atoms with Crippen LogP contribution in [0.1, 0.15) is 40.5 Å². The number of hydrogen-bond donors (Lipinski definition) is 1. The van der Waals surface area contributed by atoms with Crippen molar-refractivity contribution in [2.45, 2.75) is 46.1 Å². The van der Waals surface area contributed by atoms with Crippen LogP contribution in [0.15, 0.2) is 0 Å². The number of carbonyl (C=O) groups is 1. The molecular formula is C11H23NO2. The summed E-state index contributed by atoms with van der Waals surface area (Å²) in [6.45, 7) is 8.70. The number of esters is 1. The zero-order valence-electron chi connectivity index (χ0n) is 10.0. The molecule has 0 aromatic heterocycles. The maximum atomic E-state index is 11.4. The summed E-state index contributed by atoms with van der Waals surface area (Å²) in [6, 6.07) is 0. The molecule has 0 amide bonds. The molecule has 0 fully saturated rings. The van der Waals surface area contributed by atoms with Gasteiger partial charge in [-0.1, -0.05) is 6.92 Å². The Bertz CT molecular complexity index is 173.